The van der Waals surface area contributed by atoms with Crippen LogP contribution >= 0.6 is 11.3 Å². The van der Waals surface area contributed by atoms with Gasteiger partial charge in [0.25, 0.3) is 5.91 Å². The molecule has 31 heavy (non-hydrogen) atoms. The van der Waals surface area contributed by atoms with Crippen molar-refractivity contribution in [3.05, 3.63) is 69.7 Å². The summed E-state index contributed by atoms with van der Waals surface area (Å²) >= 11 is 1.22. The summed E-state index contributed by atoms with van der Waals surface area (Å²) in [5, 5.41) is 5.68. The number of nitrogens with zero attached hydrogens (tertiary/aromatic N) is 2. The van der Waals surface area contributed by atoms with Gasteiger partial charge in [0.05, 0.1) is 23.6 Å². The number of benzene rings is 2. The Labute approximate surface area is 183 Å². The fraction of sp³-hybridized carbons (Fsp3) is 0.182. The molecular weight excluding hydrogens is 414 g/mol. The first-order chi connectivity index (χ1) is 14.9. The third-order valence-corrected chi connectivity index (χ3v) is 6.01. The van der Waals surface area contributed by atoms with Crippen molar-refractivity contribution in [2.24, 2.45) is 0 Å². The molecular formula is C22H21N5O3S. The molecule has 9 heteroatoms. The standard InChI is InChI=1S/C22H21N5O3S/c1-13-6-8-14(9-7-13)24-20(29)22(30)27-11-10-17-18(12-27)31-21(26-17)19(28)25-16-5-3-2-4-15(16)23/h2-9H,10-12,23H2,1H3,(H,24,29)(H,25,28). The highest BCUT2D eigenvalue weighted by Gasteiger charge is 2.29. The highest BCUT2D eigenvalue weighted by atomic mass is 32.1. The number of hydrogen-bond donors (Lipinski definition) is 3. The molecule has 1 aliphatic rings. The SMILES string of the molecule is Cc1ccc(NC(=O)C(=O)N2CCc3nc(C(=O)Nc4ccccc4N)sc3C2)cc1. The average molecular weight is 436 g/mol. The van der Waals surface area contributed by atoms with E-state index in [0.717, 1.165) is 16.1 Å². The van der Waals surface area contributed by atoms with E-state index in [1.54, 1.807) is 36.4 Å². The van der Waals surface area contributed by atoms with Crippen molar-refractivity contribution in [3.8, 4) is 0 Å². The number of carbonyl (C=O) groups excluding carboxylic acids is 3. The zero-order chi connectivity index (χ0) is 22.0. The van der Waals surface area contributed by atoms with Crippen LogP contribution in [0.1, 0.15) is 25.9 Å². The van der Waals surface area contributed by atoms with Gasteiger partial charge in [-0.1, -0.05) is 29.8 Å². The number of rotatable bonds is 3. The molecule has 4 N–H and O–H groups in total. The van der Waals surface area contributed by atoms with Crippen LogP contribution in [0.2, 0.25) is 0 Å². The quantitative estimate of drug-likeness (QED) is 0.432. The predicted molar refractivity (Wildman–Crippen MR) is 120 cm³/mol. The first-order valence-corrected chi connectivity index (χ1v) is 10.5. The van der Waals surface area contributed by atoms with Crippen LogP contribution in [0.15, 0.2) is 48.5 Å². The fourth-order valence-corrected chi connectivity index (χ4v) is 4.24. The van der Waals surface area contributed by atoms with Crippen LogP contribution in [-0.4, -0.2) is 34.2 Å². The van der Waals surface area contributed by atoms with Crippen molar-refractivity contribution in [2.75, 3.05) is 22.9 Å². The van der Waals surface area contributed by atoms with Crippen LogP contribution in [0.5, 0.6) is 0 Å². The van der Waals surface area contributed by atoms with Gasteiger partial charge in [0.15, 0.2) is 5.01 Å². The maximum absolute atomic E-state index is 12.6. The largest absolute Gasteiger partial charge is 0.397 e. The summed E-state index contributed by atoms with van der Waals surface area (Å²) in [5.41, 5.74) is 9.27. The second kappa shape index (κ2) is 8.57. The van der Waals surface area contributed by atoms with E-state index < -0.39 is 11.8 Å². The van der Waals surface area contributed by atoms with Crippen LogP contribution < -0.4 is 16.4 Å². The molecule has 2 heterocycles. The van der Waals surface area contributed by atoms with E-state index in [-0.39, 0.29) is 12.5 Å². The second-order valence-corrected chi connectivity index (χ2v) is 8.31. The molecule has 3 amide bonds. The van der Waals surface area contributed by atoms with Crippen LogP contribution in [0.25, 0.3) is 0 Å². The number of nitrogens with one attached hydrogen (secondary N) is 2. The van der Waals surface area contributed by atoms with Gasteiger partial charge < -0.3 is 21.3 Å². The lowest BCUT2D eigenvalue weighted by Crippen LogP contribution is -2.42. The van der Waals surface area contributed by atoms with Crippen molar-refractivity contribution < 1.29 is 14.4 Å². The minimum absolute atomic E-state index is 0.244. The maximum Gasteiger partial charge on any atom is 0.313 e. The van der Waals surface area contributed by atoms with E-state index in [9.17, 15) is 14.4 Å². The molecule has 1 aromatic heterocycles. The van der Waals surface area contributed by atoms with E-state index in [1.807, 2.05) is 19.1 Å². The van der Waals surface area contributed by atoms with Gasteiger partial charge in [-0.05, 0) is 31.2 Å². The Kier molecular flexibility index (Phi) is 5.68. The summed E-state index contributed by atoms with van der Waals surface area (Å²) in [5.74, 6) is -1.65. The fourth-order valence-electron chi connectivity index (χ4n) is 3.22. The zero-order valence-corrected chi connectivity index (χ0v) is 17.7. The van der Waals surface area contributed by atoms with Crippen LogP contribution in [-0.2, 0) is 22.6 Å². The summed E-state index contributed by atoms with van der Waals surface area (Å²) in [6.07, 6.45) is 0.482. The van der Waals surface area contributed by atoms with Crippen LogP contribution in [0.4, 0.5) is 17.1 Å². The Balaban J connectivity index is 1.41. The Morgan fingerprint density at radius 3 is 2.55 bits per heavy atom. The lowest BCUT2D eigenvalue weighted by atomic mass is 10.1. The van der Waals surface area contributed by atoms with E-state index in [2.05, 4.69) is 15.6 Å². The van der Waals surface area contributed by atoms with Gasteiger partial charge in [0.2, 0.25) is 0 Å². The van der Waals surface area contributed by atoms with E-state index in [4.69, 9.17) is 5.73 Å². The summed E-state index contributed by atoms with van der Waals surface area (Å²) < 4.78 is 0. The van der Waals surface area contributed by atoms with Gasteiger partial charge in [-0.3, -0.25) is 14.4 Å². The van der Waals surface area contributed by atoms with Crippen molar-refractivity contribution in [1.82, 2.24) is 9.88 Å². The number of aryl methyl sites for hydroxylation is 1. The van der Waals surface area contributed by atoms with E-state index in [1.165, 1.54) is 16.2 Å². The number of hydrogen-bond acceptors (Lipinski definition) is 6. The molecule has 0 saturated heterocycles. The van der Waals surface area contributed by atoms with Gasteiger partial charge in [-0.15, -0.1) is 11.3 Å². The van der Waals surface area contributed by atoms with E-state index in [0.29, 0.717) is 35.0 Å². The Hall–Kier alpha value is -3.72. The second-order valence-electron chi connectivity index (χ2n) is 7.23. The Morgan fingerprint density at radius 2 is 1.81 bits per heavy atom. The Morgan fingerprint density at radius 1 is 1.06 bits per heavy atom. The first-order valence-electron chi connectivity index (χ1n) is 9.72. The summed E-state index contributed by atoms with van der Waals surface area (Å²) in [6, 6.07) is 14.2. The van der Waals surface area contributed by atoms with Crippen molar-refractivity contribution in [3.63, 3.8) is 0 Å². The number of para-hydroxylation sites is 2. The summed E-state index contributed by atoms with van der Waals surface area (Å²) in [7, 11) is 0. The minimum Gasteiger partial charge on any atom is -0.397 e. The third kappa shape index (κ3) is 4.56. The normalized spacial score (nSPS) is 12.7. The van der Waals surface area contributed by atoms with Gasteiger partial charge in [-0.2, -0.15) is 0 Å². The molecule has 0 spiro atoms. The van der Waals surface area contributed by atoms with Gasteiger partial charge in [0, 0.05) is 23.5 Å². The minimum atomic E-state index is -0.686. The number of carbonyl (C=O) groups is 3. The molecule has 0 fully saturated rings. The molecule has 2 aromatic carbocycles. The van der Waals surface area contributed by atoms with Gasteiger partial charge >= 0.3 is 11.8 Å². The number of nitrogens with two attached hydrogens (primary N) is 1. The molecule has 0 unspecified atom stereocenters. The van der Waals surface area contributed by atoms with Gasteiger partial charge in [-0.25, -0.2) is 4.98 Å². The molecule has 0 atom stereocenters. The summed E-state index contributed by atoms with van der Waals surface area (Å²) in [6.45, 7) is 2.55. The predicted octanol–water partition coefficient (Wildman–Crippen LogP) is 2.81. The molecule has 1 aliphatic heterocycles. The maximum atomic E-state index is 12.6. The average Bonchev–Trinajstić information content (AvgIpc) is 3.20. The third-order valence-electron chi connectivity index (χ3n) is 4.93. The molecule has 4 rings (SSSR count). The van der Waals surface area contributed by atoms with Crippen LogP contribution in [0, 0.1) is 6.92 Å². The van der Waals surface area contributed by atoms with Crippen LogP contribution in [0.3, 0.4) is 0 Å². The first kappa shape index (κ1) is 20.5. The number of fused-ring (bicyclic) bond motifs is 1. The summed E-state index contributed by atoms with van der Waals surface area (Å²) in [4.78, 5) is 44.2. The van der Waals surface area contributed by atoms with Crippen molar-refractivity contribution in [1.29, 1.82) is 0 Å². The molecule has 3 aromatic rings. The molecule has 158 valence electrons. The molecule has 0 bridgehead atoms. The number of amides is 3. The van der Waals surface area contributed by atoms with Gasteiger partial charge in [0.1, 0.15) is 0 Å². The Bertz CT molecular complexity index is 1160. The molecule has 0 radical (unpaired) electrons. The monoisotopic (exact) mass is 435 g/mol. The number of aromatic nitrogens is 1. The number of anilines is 3. The smallest absolute Gasteiger partial charge is 0.313 e. The van der Waals surface area contributed by atoms with Crippen molar-refractivity contribution >= 4 is 46.1 Å². The lowest BCUT2D eigenvalue weighted by molar-refractivity contribution is -0.143. The topological polar surface area (TPSA) is 117 Å². The number of nitrogen functional groups attached to an aromatic ring is 1. The lowest BCUT2D eigenvalue weighted by Gasteiger charge is -2.25. The van der Waals surface area contributed by atoms with Crippen molar-refractivity contribution in [2.45, 2.75) is 19.9 Å². The highest BCUT2D eigenvalue weighted by Crippen LogP contribution is 2.27. The van der Waals surface area contributed by atoms with E-state index >= 15 is 0 Å². The molecule has 8 nitrogen and oxygen atoms in total. The highest BCUT2D eigenvalue weighted by molar-refractivity contribution is 7.13. The zero-order valence-electron chi connectivity index (χ0n) is 16.8. The molecule has 0 saturated carbocycles. The molecule has 0 aliphatic carbocycles. The number of thiazole rings is 1.